The second kappa shape index (κ2) is 6.53. The molecule has 0 bridgehead atoms. The topological polar surface area (TPSA) is 84.4 Å². The molecule has 20 heavy (non-hydrogen) atoms. The largest absolute Gasteiger partial charge is 0.390 e. The second-order valence-electron chi connectivity index (χ2n) is 4.35. The lowest BCUT2D eigenvalue weighted by Gasteiger charge is -2.19. The first-order valence-electron chi connectivity index (χ1n) is 5.72. The highest BCUT2D eigenvalue weighted by Crippen LogP contribution is 2.24. The van der Waals surface area contributed by atoms with Gasteiger partial charge in [-0.3, -0.25) is 16.0 Å². The number of non-ortho nitro benzene ring substituents is 1. The Hall–Kier alpha value is -1.87. The summed E-state index contributed by atoms with van der Waals surface area (Å²) in [6, 6.07) is 3.98. The van der Waals surface area contributed by atoms with Gasteiger partial charge in [-0.15, -0.1) is 0 Å². The third-order valence-electron chi connectivity index (χ3n) is 2.67. The first-order chi connectivity index (χ1) is 9.23. The Morgan fingerprint density at radius 3 is 2.60 bits per heavy atom. The summed E-state index contributed by atoms with van der Waals surface area (Å²) < 4.78 is 36.4. The summed E-state index contributed by atoms with van der Waals surface area (Å²) in [7, 11) is 1.50. The average molecular weight is 292 g/mol. The molecule has 0 fully saturated rings. The summed E-state index contributed by atoms with van der Waals surface area (Å²) in [4.78, 5) is 11.5. The van der Waals surface area contributed by atoms with E-state index in [1.54, 1.807) is 0 Å². The van der Waals surface area contributed by atoms with Crippen LogP contribution in [-0.4, -0.2) is 29.6 Å². The molecular weight excluding hydrogens is 277 g/mol. The van der Waals surface area contributed by atoms with Crippen molar-refractivity contribution < 1.29 is 18.1 Å². The minimum Gasteiger partial charge on any atom is -0.324 e. The summed E-state index contributed by atoms with van der Waals surface area (Å²) in [6.45, 7) is -0.0759. The van der Waals surface area contributed by atoms with E-state index in [1.165, 1.54) is 30.1 Å². The molecule has 1 rings (SSSR count). The van der Waals surface area contributed by atoms with Crippen molar-refractivity contribution in [2.45, 2.75) is 19.1 Å². The molecule has 3 N–H and O–H groups in total. The van der Waals surface area contributed by atoms with Crippen molar-refractivity contribution in [1.29, 1.82) is 0 Å². The van der Waals surface area contributed by atoms with Crippen LogP contribution in [0.5, 0.6) is 0 Å². The van der Waals surface area contributed by atoms with Gasteiger partial charge in [-0.2, -0.15) is 13.2 Å². The Labute approximate surface area is 113 Å². The van der Waals surface area contributed by atoms with Crippen LogP contribution in [0.15, 0.2) is 18.2 Å². The lowest BCUT2D eigenvalue weighted by Crippen LogP contribution is -2.25. The van der Waals surface area contributed by atoms with Gasteiger partial charge < -0.3 is 10.3 Å². The Morgan fingerprint density at radius 2 is 2.10 bits per heavy atom. The van der Waals surface area contributed by atoms with Crippen LogP contribution in [-0.2, 0) is 6.54 Å². The lowest BCUT2D eigenvalue weighted by molar-refractivity contribution is -0.384. The number of hydrazine groups is 1. The van der Waals surface area contributed by atoms with Crippen LogP contribution in [0.3, 0.4) is 0 Å². The number of nitro benzene ring substituents is 1. The van der Waals surface area contributed by atoms with Crippen molar-refractivity contribution >= 4 is 11.4 Å². The van der Waals surface area contributed by atoms with Gasteiger partial charge in [-0.1, -0.05) is 0 Å². The zero-order valence-corrected chi connectivity index (χ0v) is 10.8. The van der Waals surface area contributed by atoms with E-state index in [0.717, 1.165) is 0 Å². The van der Waals surface area contributed by atoms with Crippen molar-refractivity contribution in [1.82, 2.24) is 4.90 Å². The second-order valence-corrected chi connectivity index (χ2v) is 4.35. The maximum absolute atomic E-state index is 12.1. The van der Waals surface area contributed by atoms with Crippen LogP contribution in [0.25, 0.3) is 0 Å². The third-order valence-corrected chi connectivity index (χ3v) is 2.67. The molecule has 0 amide bonds. The number of halogens is 3. The molecule has 0 radical (unpaired) electrons. The summed E-state index contributed by atoms with van der Waals surface area (Å²) >= 11 is 0. The predicted molar refractivity (Wildman–Crippen MR) is 67.9 cm³/mol. The molecule has 6 nitrogen and oxygen atoms in total. The summed E-state index contributed by atoms with van der Waals surface area (Å²) in [5.41, 5.74) is 3.14. The van der Waals surface area contributed by atoms with Gasteiger partial charge >= 0.3 is 6.18 Å². The smallest absolute Gasteiger partial charge is 0.324 e. The minimum absolute atomic E-state index is 0.122. The maximum Gasteiger partial charge on any atom is 0.390 e. The quantitative estimate of drug-likeness (QED) is 0.477. The van der Waals surface area contributed by atoms with Crippen molar-refractivity contribution in [3.05, 3.63) is 33.9 Å². The number of nitrogens with zero attached hydrogens (tertiary/aromatic N) is 2. The fraction of sp³-hybridized carbons (Fsp3) is 0.455. The molecule has 0 aromatic heterocycles. The number of benzene rings is 1. The Morgan fingerprint density at radius 1 is 1.45 bits per heavy atom. The predicted octanol–water partition coefficient (Wildman–Crippen LogP) is 2.26. The molecule has 0 aliphatic carbocycles. The third kappa shape index (κ3) is 5.02. The maximum atomic E-state index is 12.1. The molecule has 0 saturated heterocycles. The highest BCUT2D eigenvalue weighted by Gasteiger charge is 2.27. The summed E-state index contributed by atoms with van der Waals surface area (Å²) in [5.74, 6) is 5.28. The molecule has 0 saturated carbocycles. The molecule has 1 aromatic rings. The zero-order chi connectivity index (χ0) is 15.3. The molecule has 0 aliphatic heterocycles. The number of nitrogens with one attached hydrogen (secondary N) is 1. The molecule has 0 heterocycles. The van der Waals surface area contributed by atoms with E-state index in [-0.39, 0.29) is 18.8 Å². The van der Waals surface area contributed by atoms with Gasteiger partial charge in [0.1, 0.15) is 0 Å². The van der Waals surface area contributed by atoms with Gasteiger partial charge in [0.2, 0.25) is 0 Å². The van der Waals surface area contributed by atoms with Crippen molar-refractivity contribution in [2.75, 3.05) is 19.0 Å². The normalized spacial score (nSPS) is 11.7. The first kappa shape index (κ1) is 16.2. The standard InChI is InChI=1S/C11H15F3N4O2/c1-17(5-4-11(12,13)14)7-8-6-9(18(19)20)2-3-10(8)16-15/h2-3,6,16H,4-5,7,15H2,1H3. The average Bonchev–Trinajstić information content (AvgIpc) is 2.35. The number of hydrogen-bond donors (Lipinski definition) is 2. The van der Waals surface area contributed by atoms with E-state index in [9.17, 15) is 23.3 Å². The Bertz CT molecular complexity index is 479. The number of hydrogen-bond acceptors (Lipinski definition) is 5. The van der Waals surface area contributed by atoms with Crippen molar-refractivity contribution in [3.63, 3.8) is 0 Å². The van der Waals surface area contributed by atoms with E-state index >= 15 is 0 Å². The van der Waals surface area contributed by atoms with Gasteiger partial charge in [0.05, 0.1) is 17.0 Å². The molecular formula is C11H15F3N4O2. The van der Waals surface area contributed by atoms with Crippen LogP contribution in [0.2, 0.25) is 0 Å². The Balaban J connectivity index is 2.79. The van der Waals surface area contributed by atoms with Crippen LogP contribution in [0.4, 0.5) is 24.5 Å². The number of nitrogens with two attached hydrogens (primary N) is 1. The van der Waals surface area contributed by atoms with Gasteiger partial charge in [0.25, 0.3) is 5.69 Å². The van der Waals surface area contributed by atoms with Crippen molar-refractivity contribution in [2.24, 2.45) is 5.84 Å². The highest BCUT2D eigenvalue weighted by atomic mass is 19.4. The summed E-state index contributed by atoms with van der Waals surface area (Å²) in [5, 5.41) is 10.7. The highest BCUT2D eigenvalue weighted by molar-refractivity contribution is 5.55. The van der Waals surface area contributed by atoms with Crippen LogP contribution in [0.1, 0.15) is 12.0 Å². The molecule has 9 heteroatoms. The zero-order valence-electron chi connectivity index (χ0n) is 10.8. The Kier molecular flexibility index (Phi) is 5.28. The lowest BCUT2D eigenvalue weighted by atomic mass is 10.1. The molecule has 0 atom stereocenters. The van der Waals surface area contributed by atoms with E-state index < -0.39 is 17.5 Å². The number of nitrogen functional groups attached to an aromatic ring is 1. The van der Waals surface area contributed by atoms with Crippen LogP contribution < -0.4 is 11.3 Å². The molecule has 112 valence electrons. The van der Waals surface area contributed by atoms with Crippen LogP contribution in [0, 0.1) is 10.1 Å². The van der Waals surface area contributed by atoms with E-state index in [0.29, 0.717) is 11.3 Å². The fourth-order valence-corrected chi connectivity index (χ4v) is 1.65. The van der Waals surface area contributed by atoms with Gasteiger partial charge in [-0.25, -0.2) is 0 Å². The molecule has 0 unspecified atom stereocenters. The molecule has 0 aliphatic rings. The van der Waals surface area contributed by atoms with E-state index in [4.69, 9.17) is 5.84 Å². The number of anilines is 1. The first-order valence-corrected chi connectivity index (χ1v) is 5.72. The van der Waals surface area contributed by atoms with E-state index in [2.05, 4.69) is 5.43 Å². The van der Waals surface area contributed by atoms with E-state index in [1.807, 2.05) is 0 Å². The number of rotatable bonds is 6. The van der Waals surface area contributed by atoms with Crippen LogP contribution >= 0.6 is 0 Å². The van der Waals surface area contributed by atoms with Gasteiger partial charge in [0.15, 0.2) is 0 Å². The number of alkyl halides is 3. The monoisotopic (exact) mass is 292 g/mol. The SMILES string of the molecule is CN(CCC(F)(F)F)Cc1cc([N+](=O)[O-])ccc1NN. The van der Waals surface area contributed by atoms with Gasteiger partial charge in [-0.05, 0) is 18.7 Å². The number of nitro groups is 1. The fourth-order valence-electron chi connectivity index (χ4n) is 1.65. The molecule has 0 spiro atoms. The summed E-state index contributed by atoms with van der Waals surface area (Å²) in [6.07, 6.45) is -5.17. The molecule has 1 aromatic carbocycles. The van der Waals surface area contributed by atoms with Crippen molar-refractivity contribution in [3.8, 4) is 0 Å². The minimum atomic E-state index is -4.23. The van der Waals surface area contributed by atoms with Gasteiger partial charge in [0, 0.05) is 25.2 Å².